The first-order valence-corrected chi connectivity index (χ1v) is 8.66. The summed E-state index contributed by atoms with van der Waals surface area (Å²) in [4.78, 5) is 47.7. The highest BCUT2D eigenvalue weighted by Crippen LogP contribution is 2.20. The number of methoxy groups -OCH3 is 1. The van der Waals surface area contributed by atoms with Crippen LogP contribution in [0.3, 0.4) is 0 Å². The highest BCUT2D eigenvalue weighted by Gasteiger charge is 2.14. The van der Waals surface area contributed by atoms with Crippen molar-refractivity contribution in [1.82, 2.24) is 0 Å². The minimum absolute atomic E-state index is 0.0184. The summed E-state index contributed by atoms with van der Waals surface area (Å²) in [6.07, 6.45) is 2.54. The van der Waals surface area contributed by atoms with Crippen molar-refractivity contribution in [3.8, 4) is 5.75 Å². The number of ether oxygens (including phenoxy) is 2. The molecule has 0 saturated heterocycles. The lowest BCUT2D eigenvalue weighted by atomic mass is 10.0. The lowest BCUT2D eigenvalue weighted by Gasteiger charge is -2.07. The molecule has 0 heterocycles. The van der Waals surface area contributed by atoms with Gasteiger partial charge in [0, 0.05) is 24.5 Å². The Morgan fingerprint density at radius 3 is 2.25 bits per heavy atom. The molecule has 0 aliphatic heterocycles. The van der Waals surface area contributed by atoms with E-state index in [9.17, 15) is 19.2 Å². The maximum atomic E-state index is 12.0. The van der Waals surface area contributed by atoms with Gasteiger partial charge in [-0.2, -0.15) is 0 Å². The fourth-order valence-corrected chi connectivity index (χ4v) is 2.43. The largest absolute Gasteiger partial charge is 0.465 e. The van der Waals surface area contributed by atoms with E-state index in [0.29, 0.717) is 0 Å². The quantitative estimate of drug-likeness (QED) is 0.302. The molecule has 0 N–H and O–H groups in total. The molecule has 0 unspecified atom stereocenters. The molecule has 6 nitrogen and oxygen atoms in total. The fourth-order valence-electron chi connectivity index (χ4n) is 2.43. The van der Waals surface area contributed by atoms with Crippen molar-refractivity contribution in [3.63, 3.8) is 0 Å². The van der Waals surface area contributed by atoms with Gasteiger partial charge in [0.2, 0.25) is 0 Å². The lowest BCUT2D eigenvalue weighted by molar-refractivity contribution is -0.129. The predicted octanol–water partition coefficient (Wildman–Crippen LogP) is 3.34. The van der Waals surface area contributed by atoms with Crippen molar-refractivity contribution in [2.75, 3.05) is 7.11 Å². The number of rotatable bonds is 8. The maximum absolute atomic E-state index is 12.0. The second-order valence-corrected chi connectivity index (χ2v) is 5.90. The van der Waals surface area contributed by atoms with Gasteiger partial charge in [0.15, 0.2) is 11.6 Å². The Morgan fingerprint density at radius 1 is 0.929 bits per heavy atom. The summed E-state index contributed by atoms with van der Waals surface area (Å²) < 4.78 is 9.80. The summed E-state index contributed by atoms with van der Waals surface area (Å²) in [6, 6.07) is 13.2. The van der Waals surface area contributed by atoms with Crippen molar-refractivity contribution >= 4 is 23.5 Å². The second-order valence-electron chi connectivity index (χ2n) is 5.90. The highest BCUT2D eigenvalue weighted by atomic mass is 16.5. The Hall–Kier alpha value is -3.54. The number of benzene rings is 2. The highest BCUT2D eigenvalue weighted by molar-refractivity contribution is 6.00. The van der Waals surface area contributed by atoms with Gasteiger partial charge in [-0.3, -0.25) is 9.59 Å². The van der Waals surface area contributed by atoms with Gasteiger partial charge in [-0.1, -0.05) is 37.3 Å². The number of carbonyl (C=O) groups excluding carboxylic acids is 4. The van der Waals surface area contributed by atoms with Gasteiger partial charge in [0.05, 0.1) is 12.7 Å². The molecule has 0 aromatic heterocycles. The molecular weight excluding hydrogens is 360 g/mol. The van der Waals surface area contributed by atoms with E-state index in [1.54, 1.807) is 6.92 Å². The molecular formula is C22H20O6. The molecule has 0 amide bonds. The van der Waals surface area contributed by atoms with Crippen LogP contribution in [0.4, 0.5) is 0 Å². The average molecular weight is 380 g/mol. The molecule has 0 spiro atoms. The Morgan fingerprint density at radius 2 is 1.61 bits per heavy atom. The first-order valence-electron chi connectivity index (χ1n) is 8.66. The fraction of sp³-hybridized carbons (Fsp3) is 0.182. The molecule has 0 aliphatic carbocycles. The van der Waals surface area contributed by atoms with E-state index in [-0.39, 0.29) is 41.3 Å². The van der Waals surface area contributed by atoms with Gasteiger partial charge in [0.1, 0.15) is 5.75 Å². The summed E-state index contributed by atoms with van der Waals surface area (Å²) in [5.74, 6) is -1.90. The molecule has 6 heteroatoms. The van der Waals surface area contributed by atoms with Gasteiger partial charge in [-0.25, -0.2) is 9.59 Å². The molecule has 144 valence electrons. The van der Waals surface area contributed by atoms with Gasteiger partial charge in [-0.05, 0) is 29.8 Å². The van der Waals surface area contributed by atoms with Crippen LogP contribution in [0.2, 0.25) is 0 Å². The Bertz CT molecular complexity index is 878. The third-order valence-corrected chi connectivity index (χ3v) is 3.82. The molecule has 2 rings (SSSR count). The van der Waals surface area contributed by atoms with E-state index in [1.807, 2.05) is 30.3 Å². The molecule has 0 saturated carbocycles. The van der Waals surface area contributed by atoms with E-state index in [4.69, 9.17) is 4.74 Å². The number of carbonyl (C=O) groups is 4. The lowest BCUT2D eigenvalue weighted by Crippen LogP contribution is -2.09. The molecule has 0 aliphatic rings. The molecule has 0 fully saturated rings. The first-order chi connectivity index (χ1) is 13.4. The number of Topliss-reactive ketones (excluding diaryl/α,β-unsaturated/α-hetero) is 1. The van der Waals surface area contributed by atoms with Crippen molar-refractivity contribution < 1.29 is 28.7 Å². The van der Waals surface area contributed by atoms with Crippen LogP contribution in [0.5, 0.6) is 5.75 Å². The number of esters is 2. The second kappa shape index (κ2) is 9.97. The zero-order valence-corrected chi connectivity index (χ0v) is 15.6. The third-order valence-electron chi connectivity index (χ3n) is 3.82. The number of hydrogen-bond donors (Lipinski definition) is 0. The normalized spacial score (nSPS) is 10.5. The van der Waals surface area contributed by atoms with E-state index in [0.717, 1.165) is 17.7 Å². The predicted molar refractivity (Wildman–Crippen MR) is 102 cm³/mol. The monoisotopic (exact) mass is 380 g/mol. The van der Waals surface area contributed by atoms with Crippen molar-refractivity contribution in [1.29, 1.82) is 0 Å². The van der Waals surface area contributed by atoms with Crippen LogP contribution in [-0.2, 0) is 20.7 Å². The Balaban J connectivity index is 2.10. The van der Waals surface area contributed by atoms with Crippen LogP contribution in [0, 0.1) is 0 Å². The van der Waals surface area contributed by atoms with Crippen LogP contribution >= 0.6 is 0 Å². The number of hydrogen-bond acceptors (Lipinski definition) is 6. The van der Waals surface area contributed by atoms with Crippen LogP contribution in [0.25, 0.3) is 0 Å². The molecule has 0 bridgehead atoms. The number of ketones is 2. The topological polar surface area (TPSA) is 86.7 Å². The van der Waals surface area contributed by atoms with Crippen molar-refractivity contribution in [2.45, 2.75) is 19.8 Å². The maximum Gasteiger partial charge on any atom is 0.338 e. The molecule has 2 aromatic carbocycles. The van der Waals surface area contributed by atoms with E-state index >= 15 is 0 Å². The van der Waals surface area contributed by atoms with E-state index in [2.05, 4.69) is 4.74 Å². The van der Waals surface area contributed by atoms with Crippen LogP contribution in [-0.4, -0.2) is 30.6 Å². The smallest absolute Gasteiger partial charge is 0.338 e. The minimum atomic E-state index is -0.793. The zero-order valence-electron chi connectivity index (χ0n) is 15.6. The van der Waals surface area contributed by atoms with Crippen LogP contribution < -0.4 is 4.74 Å². The van der Waals surface area contributed by atoms with Gasteiger partial charge in [-0.15, -0.1) is 0 Å². The average Bonchev–Trinajstić information content (AvgIpc) is 2.71. The van der Waals surface area contributed by atoms with Gasteiger partial charge >= 0.3 is 11.9 Å². The third kappa shape index (κ3) is 6.02. The molecule has 0 radical (unpaired) electrons. The Kier molecular flexibility index (Phi) is 7.39. The van der Waals surface area contributed by atoms with Gasteiger partial charge in [0.25, 0.3) is 0 Å². The summed E-state index contributed by atoms with van der Waals surface area (Å²) in [5, 5.41) is 0. The first kappa shape index (κ1) is 20.8. The molecule has 2 aromatic rings. The summed E-state index contributed by atoms with van der Waals surface area (Å²) in [5.41, 5.74) is 1.16. The van der Waals surface area contributed by atoms with E-state index in [1.165, 1.54) is 25.3 Å². The Labute approximate surface area is 162 Å². The zero-order chi connectivity index (χ0) is 20.5. The standard InChI is InChI=1S/C22H20O6/c1-3-20(24)16-12-17(22(26)27-2)14-19(13-16)28-21(25)10-9-18(23)11-15-7-5-4-6-8-15/h4-10,12-14H,3,11H2,1-2H3/b10-9-. The minimum Gasteiger partial charge on any atom is -0.465 e. The van der Waals surface area contributed by atoms with Crippen LogP contribution in [0.15, 0.2) is 60.7 Å². The van der Waals surface area contributed by atoms with Gasteiger partial charge < -0.3 is 9.47 Å². The summed E-state index contributed by atoms with van der Waals surface area (Å²) >= 11 is 0. The summed E-state index contributed by atoms with van der Waals surface area (Å²) in [7, 11) is 1.21. The number of allylic oxidation sites excluding steroid dienone is 1. The summed E-state index contributed by atoms with van der Waals surface area (Å²) in [6.45, 7) is 1.68. The van der Waals surface area contributed by atoms with Crippen LogP contribution in [0.1, 0.15) is 39.6 Å². The molecule has 28 heavy (non-hydrogen) atoms. The SMILES string of the molecule is CCC(=O)c1cc(OC(=O)/C=C\C(=O)Cc2ccccc2)cc(C(=O)OC)c1. The van der Waals surface area contributed by atoms with Crippen molar-refractivity contribution in [2.24, 2.45) is 0 Å². The van der Waals surface area contributed by atoms with E-state index < -0.39 is 11.9 Å². The molecule has 0 atom stereocenters. The van der Waals surface area contributed by atoms with Crippen molar-refractivity contribution in [3.05, 3.63) is 77.4 Å².